The summed E-state index contributed by atoms with van der Waals surface area (Å²) in [6.45, 7) is 5.16. The normalized spacial score (nSPS) is 17.6. The van der Waals surface area contributed by atoms with Crippen LogP contribution in [0.5, 0.6) is 0 Å². The number of carbonyl (C=O) groups excluding carboxylic acids is 1. The quantitative estimate of drug-likeness (QED) is 0.877. The second-order valence-electron chi connectivity index (χ2n) is 6.47. The molecule has 4 rings (SSSR count). The van der Waals surface area contributed by atoms with Crippen LogP contribution in [0.25, 0.3) is 0 Å². The number of rotatable bonds is 5. The maximum atomic E-state index is 12.2. The standard InChI is InChI=1S/C17H21N5O3/c1-11-8-13(20-17(19-11)22-4-6-24-7-5-22)10-18-16(23)14-9-15(25-21-14)12-2-3-12/h8-9,12H,2-7,10H2,1H3,(H,18,23). The second-order valence-corrected chi connectivity index (χ2v) is 6.47. The number of aryl methyl sites for hydroxylation is 1. The number of nitrogens with zero attached hydrogens (tertiary/aromatic N) is 4. The lowest BCUT2D eigenvalue weighted by Gasteiger charge is -2.27. The van der Waals surface area contributed by atoms with Crippen molar-refractivity contribution in [3.63, 3.8) is 0 Å². The fraction of sp³-hybridized carbons (Fsp3) is 0.529. The molecule has 8 nitrogen and oxygen atoms in total. The van der Waals surface area contributed by atoms with Gasteiger partial charge in [0.25, 0.3) is 5.91 Å². The van der Waals surface area contributed by atoms with Gasteiger partial charge in [-0.25, -0.2) is 9.97 Å². The number of carbonyl (C=O) groups is 1. The van der Waals surface area contributed by atoms with Gasteiger partial charge in [0.1, 0.15) is 5.76 Å². The third kappa shape index (κ3) is 3.79. The van der Waals surface area contributed by atoms with Gasteiger partial charge in [0.15, 0.2) is 5.69 Å². The van der Waals surface area contributed by atoms with Gasteiger partial charge in [-0.2, -0.15) is 0 Å². The summed E-state index contributed by atoms with van der Waals surface area (Å²) in [5.74, 6) is 1.68. The maximum Gasteiger partial charge on any atom is 0.273 e. The first kappa shape index (κ1) is 16.0. The number of aromatic nitrogens is 3. The minimum atomic E-state index is -0.250. The van der Waals surface area contributed by atoms with Crippen LogP contribution in [0, 0.1) is 6.92 Å². The highest BCUT2D eigenvalue weighted by atomic mass is 16.5. The summed E-state index contributed by atoms with van der Waals surface area (Å²) in [4.78, 5) is 23.4. The average molecular weight is 343 g/mol. The first-order valence-corrected chi connectivity index (χ1v) is 8.61. The number of amides is 1. The molecule has 1 saturated carbocycles. The van der Waals surface area contributed by atoms with Gasteiger partial charge in [0.05, 0.1) is 25.5 Å². The lowest BCUT2D eigenvalue weighted by molar-refractivity contribution is 0.0941. The van der Waals surface area contributed by atoms with Crippen LogP contribution in [0.15, 0.2) is 16.7 Å². The van der Waals surface area contributed by atoms with Crippen molar-refractivity contribution in [2.24, 2.45) is 0 Å². The van der Waals surface area contributed by atoms with E-state index in [2.05, 4.69) is 25.3 Å². The van der Waals surface area contributed by atoms with E-state index < -0.39 is 0 Å². The van der Waals surface area contributed by atoms with Crippen molar-refractivity contribution in [3.05, 3.63) is 35.0 Å². The molecule has 1 aliphatic heterocycles. The number of nitrogens with one attached hydrogen (secondary N) is 1. The molecule has 3 heterocycles. The van der Waals surface area contributed by atoms with Crippen LogP contribution in [0.3, 0.4) is 0 Å². The largest absolute Gasteiger partial charge is 0.378 e. The van der Waals surface area contributed by atoms with Crippen molar-refractivity contribution in [2.75, 3.05) is 31.2 Å². The Morgan fingerprint density at radius 1 is 1.28 bits per heavy atom. The molecule has 0 aromatic carbocycles. The highest BCUT2D eigenvalue weighted by Crippen LogP contribution is 2.40. The van der Waals surface area contributed by atoms with E-state index in [9.17, 15) is 4.79 Å². The topological polar surface area (TPSA) is 93.4 Å². The molecular formula is C17H21N5O3. The Balaban J connectivity index is 1.41. The number of morpholine rings is 1. The van der Waals surface area contributed by atoms with Crippen LogP contribution >= 0.6 is 0 Å². The van der Waals surface area contributed by atoms with Crippen LogP contribution in [-0.2, 0) is 11.3 Å². The predicted molar refractivity (Wildman–Crippen MR) is 89.4 cm³/mol. The molecule has 1 N–H and O–H groups in total. The minimum Gasteiger partial charge on any atom is -0.378 e. The number of ether oxygens (including phenoxy) is 1. The Labute approximate surface area is 145 Å². The number of hydrogen-bond donors (Lipinski definition) is 1. The highest BCUT2D eigenvalue weighted by Gasteiger charge is 2.28. The molecule has 0 radical (unpaired) electrons. The Bertz CT molecular complexity index is 765. The molecular weight excluding hydrogens is 322 g/mol. The zero-order valence-corrected chi connectivity index (χ0v) is 14.2. The number of anilines is 1. The first-order chi connectivity index (χ1) is 12.2. The van der Waals surface area contributed by atoms with Crippen molar-refractivity contribution < 1.29 is 14.1 Å². The van der Waals surface area contributed by atoms with Crippen LogP contribution in [0.4, 0.5) is 5.95 Å². The molecule has 0 spiro atoms. The highest BCUT2D eigenvalue weighted by molar-refractivity contribution is 5.92. The van der Waals surface area contributed by atoms with Crippen molar-refractivity contribution in [1.29, 1.82) is 0 Å². The summed E-state index contributed by atoms with van der Waals surface area (Å²) in [6.07, 6.45) is 2.22. The molecule has 8 heteroatoms. The first-order valence-electron chi connectivity index (χ1n) is 8.61. The van der Waals surface area contributed by atoms with E-state index >= 15 is 0 Å². The summed E-state index contributed by atoms with van der Waals surface area (Å²) in [5.41, 5.74) is 1.97. The molecule has 2 aromatic heterocycles. The molecule has 1 saturated heterocycles. The summed E-state index contributed by atoms with van der Waals surface area (Å²) < 4.78 is 10.6. The van der Waals surface area contributed by atoms with Gasteiger partial charge in [-0.3, -0.25) is 4.79 Å². The molecule has 0 atom stereocenters. The summed E-state index contributed by atoms with van der Waals surface area (Å²) in [5, 5.41) is 6.71. The van der Waals surface area contributed by atoms with E-state index in [1.807, 2.05) is 13.0 Å². The van der Waals surface area contributed by atoms with Gasteiger partial charge >= 0.3 is 0 Å². The Hall–Kier alpha value is -2.48. The number of hydrogen-bond acceptors (Lipinski definition) is 7. The van der Waals surface area contributed by atoms with E-state index in [4.69, 9.17) is 9.26 Å². The Morgan fingerprint density at radius 2 is 2.08 bits per heavy atom. The summed E-state index contributed by atoms with van der Waals surface area (Å²) >= 11 is 0. The fourth-order valence-corrected chi connectivity index (χ4v) is 2.83. The third-order valence-electron chi connectivity index (χ3n) is 4.36. The Morgan fingerprint density at radius 3 is 2.84 bits per heavy atom. The molecule has 2 fully saturated rings. The predicted octanol–water partition coefficient (Wildman–Crippen LogP) is 1.42. The average Bonchev–Trinajstić information content (AvgIpc) is 3.37. The van der Waals surface area contributed by atoms with Crippen molar-refractivity contribution in [2.45, 2.75) is 32.2 Å². The van der Waals surface area contributed by atoms with Gasteiger partial charge in [0.2, 0.25) is 5.95 Å². The van der Waals surface area contributed by atoms with E-state index in [-0.39, 0.29) is 5.91 Å². The molecule has 2 aliphatic rings. The van der Waals surface area contributed by atoms with Crippen LogP contribution in [0.2, 0.25) is 0 Å². The Kier molecular flexibility index (Phi) is 4.35. The minimum absolute atomic E-state index is 0.250. The van der Waals surface area contributed by atoms with Gasteiger partial charge in [-0.15, -0.1) is 0 Å². The molecule has 1 amide bonds. The van der Waals surface area contributed by atoms with Gasteiger partial charge in [-0.1, -0.05) is 5.16 Å². The van der Waals surface area contributed by atoms with Crippen LogP contribution in [-0.4, -0.2) is 47.3 Å². The van der Waals surface area contributed by atoms with Crippen molar-refractivity contribution in [1.82, 2.24) is 20.4 Å². The lowest BCUT2D eigenvalue weighted by Crippen LogP contribution is -2.37. The fourth-order valence-electron chi connectivity index (χ4n) is 2.83. The van der Waals surface area contributed by atoms with Gasteiger partial charge in [0, 0.05) is 30.8 Å². The molecule has 0 unspecified atom stereocenters. The van der Waals surface area contributed by atoms with Gasteiger partial charge in [-0.05, 0) is 25.8 Å². The maximum absolute atomic E-state index is 12.2. The van der Waals surface area contributed by atoms with Crippen molar-refractivity contribution in [3.8, 4) is 0 Å². The van der Waals surface area contributed by atoms with E-state index in [0.29, 0.717) is 37.3 Å². The zero-order valence-electron chi connectivity index (χ0n) is 14.2. The monoisotopic (exact) mass is 343 g/mol. The molecule has 0 bridgehead atoms. The van der Waals surface area contributed by atoms with Crippen LogP contribution < -0.4 is 10.2 Å². The van der Waals surface area contributed by atoms with Crippen LogP contribution in [0.1, 0.15) is 46.4 Å². The smallest absolute Gasteiger partial charge is 0.273 e. The molecule has 1 aliphatic carbocycles. The summed E-state index contributed by atoms with van der Waals surface area (Å²) in [6, 6.07) is 3.61. The molecule has 25 heavy (non-hydrogen) atoms. The van der Waals surface area contributed by atoms with E-state index in [1.165, 1.54) is 0 Å². The SMILES string of the molecule is Cc1cc(CNC(=O)c2cc(C3CC3)on2)nc(N2CCOCC2)n1. The summed E-state index contributed by atoms with van der Waals surface area (Å²) in [7, 11) is 0. The van der Waals surface area contributed by atoms with Gasteiger partial charge < -0.3 is 19.5 Å². The van der Waals surface area contributed by atoms with E-state index in [1.54, 1.807) is 6.07 Å². The molecule has 132 valence electrons. The van der Waals surface area contributed by atoms with Crippen molar-refractivity contribution >= 4 is 11.9 Å². The third-order valence-corrected chi connectivity index (χ3v) is 4.36. The lowest BCUT2D eigenvalue weighted by atomic mass is 10.2. The molecule has 2 aromatic rings. The van der Waals surface area contributed by atoms with E-state index in [0.717, 1.165) is 43.1 Å². The zero-order chi connectivity index (χ0) is 17.2. The second kappa shape index (κ2) is 6.79.